The van der Waals surface area contributed by atoms with Crippen LogP contribution in [0.15, 0.2) is 42.5 Å². The van der Waals surface area contributed by atoms with Crippen LogP contribution in [0, 0.1) is 30.6 Å². The summed E-state index contributed by atoms with van der Waals surface area (Å²) >= 11 is 1.37. The number of carboxylic acid groups (broad SMARTS) is 1. The van der Waals surface area contributed by atoms with E-state index < -0.39 is 17.8 Å². The highest BCUT2D eigenvalue weighted by Gasteiger charge is 2.51. The molecule has 2 aromatic rings. The first-order chi connectivity index (χ1) is 14.9. The van der Waals surface area contributed by atoms with Gasteiger partial charge in [0.25, 0.3) is 5.91 Å². The molecule has 7 heteroatoms. The summed E-state index contributed by atoms with van der Waals surface area (Å²) in [5, 5.41) is 16.0. The Kier molecular flexibility index (Phi) is 5.96. The molecule has 162 valence electrons. The summed E-state index contributed by atoms with van der Waals surface area (Å²) in [6.07, 6.45) is 5.24. The molecule has 0 saturated heterocycles. The van der Waals surface area contributed by atoms with Gasteiger partial charge in [-0.25, -0.2) is 0 Å². The Bertz CT molecular complexity index is 1040. The number of benzene rings is 1. The van der Waals surface area contributed by atoms with Crippen LogP contribution in [0.3, 0.4) is 0 Å². The fourth-order valence-electron chi connectivity index (χ4n) is 4.91. The Balaban J connectivity index is 1.56. The first kappa shape index (κ1) is 21.3. The molecule has 0 radical (unpaired) electrons. The lowest BCUT2D eigenvalue weighted by Crippen LogP contribution is -2.36. The summed E-state index contributed by atoms with van der Waals surface area (Å²) in [6.45, 7) is 4.31. The van der Waals surface area contributed by atoms with Gasteiger partial charge < -0.3 is 15.7 Å². The Morgan fingerprint density at radius 2 is 1.77 bits per heavy atom. The van der Waals surface area contributed by atoms with Crippen molar-refractivity contribution in [2.75, 3.05) is 5.32 Å². The maximum absolute atomic E-state index is 13.1. The van der Waals surface area contributed by atoms with E-state index in [-0.39, 0.29) is 23.7 Å². The number of hydrogen-bond acceptors (Lipinski definition) is 4. The quantitative estimate of drug-likeness (QED) is 0.569. The molecule has 2 aliphatic rings. The van der Waals surface area contributed by atoms with E-state index in [0.717, 1.165) is 16.0 Å². The lowest BCUT2D eigenvalue weighted by atomic mass is 9.82. The van der Waals surface area contributed by atoms with Crippen molar-refractivity contribution in [2.45, 2.75) is 33.2 Å². The number of aliphatic carboxylic acids is 1. The van der Waals surface area contributed by atoms with Crippen LogP contribution in [-0.2, 0) is 22.6 Å². The first-order valence-corrected chi connectivity index (χ1v) is 11.4. The van der Waals surface area contributed by atoms with Crippen molar-refractivity contribution in [3.63, 3.8) is 0 Å². The minimum Gasteiger partial charge on any atom is -0.481 e. The van der Waals surface area contributed by atoms with Crippen LogP contribution in [0.25, 0.3) is 0 Å². The minimum atomic E-state index is -0.936. The zero-order chi connectivity index (χ0) is 22.1. The zero-order valence-corrected chi connectivity index (χ0v) is 18.4. The van der Waals surface area contributed by atoms with E-state index in [4.69, 9.17) is 0 Å². The number of nitrogens with one attached hydrogen (secondary N) is 2. The van der Waals surface area contributed by atoms with Crippen LogP contribution < -0.4 is 10.6 Å². The number of thiophene rings is 1. The van der Waals surface area contributed by atoms with Gasteiger partial charge in [0.1, 0.15) is 5.00 Å². The van der Waals surface area contributed by atoms with Crippen LogP contribution in [0.4, 0.5) is 5.00 Å². The van der Waals surface area contributed by atoms with Crippen molar-refractivity contribution in [1.29, 1.82) is 0 Å². The number of hydrogen-bond donors (Lipinski definition) is 3. The molecule has 1 fully saturated rings. The Morgan fingerprint density at radius 3 is 2.42 bits per heavy atom. The van der Waals surface area contributed by atoms with Crippen molar-refractivity contribution in [2.24, 2.45) is 23.7 Å². The summed E-state index contributed by atoms with van der Waals surface area (Å²) in [5.74, 6) is -2.96. The van der Waals surface area contributed by atoms with Crippen LogP contribution in [0.1, 0.15) is 39.7 Å². The smallest absolute Gasteiger partial charge is 0.307 e. The molecule has 2 aliphatic carbocycles. The third-order valence-corrected chi connectivity index (χ3v) is 7.43. The number of allylic oxidation sites excluding steroid dienone is 2. The average Bonchev–Trinajstić information content (AvgIpc) is 3.45. The highest BCUT2D eigenvalue weighted by molar-refractivity contribution is 7.16. The van der Waals surface area contributed by atoms with E-state index in [1.165, 1.54) is 11.3 Å². The molecule has 1 heterocycles. The summed E-state index contributed by atoms with van der Waals surface area (Å²) in [5.41, 5.74) is 2.39. The van der Waals surface area contributed by atoms with Gasteiger partial charge in [-0.15, -0.1) is 11.3 Å². The monoisotopic (exact) mass is 438 g/mol. The van der Waals surface area contributed by atoms with Gasteiger partial charge in [0.2, 0.25) is 5.91 Å². The molecule has 3 N–H and O–H groups in total. The van der Waals surface area contributed by atoms with Gasteiger partial charge in [-0.1, -0.05) is 49.4 Å². The number of carbonyl (C=O) groups excluding carboxylic acids is 2. The zero-order valence-electron chi connectivity index (χ0n) is 17.6. The summed E-state index contributed by atoms with van der Waals surface area (Å²) in [7, 11) is 0. The highest BCUT2D eigenvalue weighted by atomic mass is 32.1. The molecular formula is C24H26N2O4S. The molecule has 2 amide bonds. The SMILES string of the molecule is CCc1c(C)sc(NC(=O)[C@@H]2[C@@H](C(=O)O)[C@H]3C=C[C@H]2C3)c1C(=O)NCc1ccccc1. The van der Waals surface area contributed by atoms with Gasteiger partial charge in [-0.3, -0.25) is 14.4 Å². The Labute approximate surface area is 185 Å². The molecule has 0 spiro atoms. The number of fused-ring (bicyclic) bond motifs is 2. The van der Waals surface area contributed by atoms with E-state index in [1.807, 2.05) is 56.3 Å². The number of aryl methyl sites for hydroxylation is 1. The van der Waals surface area contributed by atoms with Gasteiger partial charge in [-0.05, 0) is 42.7 Å². The predicted octanol–water partition coefficient (Wildman–Crippen LogP) is 4.01. The van der Waals surface area contributed by atoms with E-state index >= 15 is 0 Å². The third-order valence-electron chi connectivity index (χ3n) is 6.37. The second-order valence-corrected chi connectivity index (χ2v) is 9.41. The van der Waals surface area contributed by atoms with Crippen molar-refractivity contribution >= 4 is 34.1 Å². The predicted molar refractivity (Wildman–Crippen MR) is 120 cm³/mol. The number of amides is 2. The molecule has 4 rings (SSSR count). The van der Waals surface area contributed by atoms with Crippen molar-refractivity contribution in [3.05, 3.63) is 64.1 Å². The van der Waals surface area contributed by atoms with Gasteiger partial charge >= 0.3 is 5.97 Å². The van der Waals surface area contributed by atoms with Gasteiger partial charge in [0.15, 0.2) is 0 Å². The normalized spacial score (nSPS) is 23.7. The van der Waals surface area contributed by atoms with Crippen LogP contribution >= 0.6 is 11.3 Å². The highest BCUT2D eigenvalue weighted by Crippen LogP contribution is 2.48. The molecule has 0 aliphatic heterocycles. The van der Waals surface area contributed by atoms with Crippen LogP contribution in [0.2, 0.25) is 0 Å². The molecule has 0 unspecified atom stereocenters. The number of rotatable bonds is 7. The lowest BCUT2D eigenvalue weighted by molar-refractivity contribution is -0.146. The van der Waals surface area contributed by atoms with Crippen LogP contribution in [0.5, 0.6) is 0 Å². The van der Waals surface area contributed by atoms with Crippen molar-refractivity contribution in [1.82, 2.24) is 5.32 Å². The van der Waals surface area contributed by atoms with Crippen molar-refractivity contribution < 1.29 is 19.5 Å². The second kappa shape index (κ2) is 8.67. The molecule has 4 atom stereocenters. The average molecular weight is 439 g/mol. The van der Waals surface area contributed by atoms with Crippen molar-refractivity contribution in [3.8, 4) is 0 Å². The van der Waals surface area contributed by atoms with E-state index in [9.17, 15) is 19.5 Å². The van der Waals surface area contributed by atoms with Gasteiger partial charge in [0.05, 0.1) is 17.4 Å². The Morgan fingerprint density at radius 1 is 1.10 bits per heavy atom. The molecule has 2 bridgehead atoms. The number of carboxylic acids is 1. The van der Waals surface area contributed by atoms with Gasteiger partial charge in [-0.2, -0.15) is 0 Å². The minimum absolute atomic E-state index is 0.0619. The molecular weight excluding hydrogens is 412 g/mol. The largest absolute Gasteiger partial charge is 0.481 e. The number of anilines is 1. The van der Waals surface area contributed by atoms with Gasteiger partial charge in [0, 0.05) is 11.4 Å². The second-order valence-electron chi connectivity index (χ2n) is 8.19. The summed E-state index contributed by atoms with van der Waals surface area (Å²) < 4.78 is 0. The van der Waals surface area contributed by atoms with E-state index in [2.05, 4.69) is 10.6 Å². The molecule has 6 nitrogen and oxygen atoms in total. The maximum Gasteiger partial charge on any atom is 0.307 e. The molecule has 31 heavy (non-hydrogen) atoms. The maximum atomic E-state index is 13.1. The topological polar surface area (TPSA) is 95.5 Å². The summed E-state index contributed by atoms with van der Waals surface area (Å²) in [6, 6.07) is 9.64. The molecule has 1 aromatic carbocycles. The fourth-order valence-corrected chi connectivity index (χ4v) is 6.06. The van der Waals surface area contributed by atoms with Crippen LogP contribution in [-0.4, -0.2) is 22.9 Å². The lowest BCUT2D eigenvalue weighted by Gasteiger charge is -2.23. The molecule has 1 aromatic heterocycles. The summed E-state index contributed by atoms with van der Waals surface area (Å²) in [4.78, 5) is 39.0. The Hall–Kier alpha value is -2.93. The third kappa shape index (κ3) is 4.02. The first-order valence-electron chi connectivity index (χ1n) is 10.6. The molecule has 1 saturated carbocycles. The fraction of sp³-hybridized carbons (Fsp3) is 0.375. The number of carbonyl (C=O) groups is 3. The van der Waals surface area contributed by atoms with E-state index in [0.29, 0.717) is 30.0 Å². The standard InChI is InChI=1S/C24H26N2O4S/c1-3-17-13(2)31-23(20(17)21(27)25-12-14-7-5-4-6-8-14)26-22(28)18-15-9-10-16(11-15)19(18)24(29)30/h4-10,15-16,18-19H,3,11-12H2,1-2H3,(H,25,27)(H,26,28)(H,29,30)/t15-,16-,18-,19-/m0/s1. The van der Waals surface area contributed by atoms with E-state index in [1.54, 1.807) is 0 Å².